The molecule has 0 saturated heterocycles. The zero-order chi connectivity index (χ0) is 29.3. The molecule has 0 amide bonds. The minimum atomic E-state index is -4.23. The summed E-state index contributed by atoms with van der Waals surface area (Å²) < 4.78 is 41.4. The van der Waals surface area contributed by atoms with Crippen LogP contribution in [0.25, 0.3) is 0 Å². The monoisotopic (exact) mass is 530 g/mol. The van der Waals surface area contributed by atoms with Gasteiger partial charge in [0.15, 0.2) is 0 Å². The van der Waals surface area contributed by atoms with Crippen LogP contribution < -0.4 is 4.74 Å². The van der Waals surface area contributed by atoms with E-state index in [1.165, 1.54) is 29.7 Å². The van der Waals surface area contributed by atoms with Gasteiger partial charge in [-0.25, -0.2) is 0 Å². The van der Waals surface area contributed by atoms with Gasteiger partial charge < -0.3 is 4.74 Å². The van der Waals surface area contributed by atoms with E-state index in [9.17, 15) is 13.2 Å². The molecule has 3 aromatic carbocycles. The lowest BCUT2D eigenvalue weighted by Gasteiger charge is -2.09. The highest BCUT2D eigenvalue weighted by Crippen LogP contribution is 2.30. The van der Waals surface area contributed by atoms with Gasteiger partial charge in [0.2, 0.25) is 0 Å². The number of hydrogen-bond acceptors (Lipinski definition) is 1. The molecule has 0 saturated carbocycles. The Bertz CT molecular complexity index is 955. The van der Waals surface area contributed by atoms with Crippen LogP contribution in [0.2, 0.25) is 0 Å². The molecule has 0 aliphatic rings. The zero-order valence-electron chi connectivity index (χ0n) is 25.1. The molecular weight excluding hydrogens is 481 g/mol. The lowest BCUT2D eigenvalue weighted by atomic mass is 10.0. The number of hydrogen-bond donors (Lipinski definition) is 0. The standard InChI is InChI=1S/C10H11F3.C10H14O.C9H12.C5H12/c1-7(2)8-3-5-9(6-4-8)10(11,12)13;1-8(2)9-4-6-10(11-3)7-5-9;1-8(2)9-6-4-3-5-7-9;1-4-5(2)3/h3-7H,1-2H3;4-8H,1-3H3;3-8H,1-2H3;5H,4H2,1-3H3. The first-order valence-corrected chi connectivity index (χ1v) is 13.6. The zero-order valence-corrected chi connectivity index (χ0v) is 25.1. The fourth-order valence-corrected chi connectivity index (χ4v) is 2.88. The molecule has 4 heteroatoms. The lowest BCUT2D eigenvalue weighted by Crippen LogP contribution is -2.04. The Morgan fingerprint density at radius 2 is 0.921 bits per heavy atom. The number of benzene rings is 3. The van der Waals surface area contributed by atoms with Crippen LogP contribution in [-0.4, -0.2) is 7.11 Å². The van der Waals surface area contributed by atoms with E-state index in [1.54, 1.807) is 7.11 Å². The summed E-state index contributed by atoms with van der Waals surface area (Å²) in [6.45, 7) is 19.3. The molecule has 0 aliphatic carbocycles. The fraction of sp³-hybridized carbons (Fsp3) is 0.471. The Hall–Kier alpha value is -2.75. The summed E-state index contributed by atoms with van der Waals surface area (Å²) in [5.41, 5.74) is 3.10. The maximum absolute atomic E-state index is 12.1. The average Bonchev–Trinajstić information content (AvgIpc) is 2.89. The van der Waals surface area contributed by atoms with E-state index in [2.05, 4.69) is 84.9 Å². The van der Waals surface area contributed by atoms with Crippen LogP contribution in [0.15, 0.2) is 78.9 Å². The first kappa shape index (κ1) is 35.2. The predicted molar refractivity (Wildman–Crippen MR) is 158 cm³/mol. The number of ether oxygens (including phenoxy) is 1. The van der Waals surface area contributed by atoms with Crippen molar-refractivity contribution in [3.63, 3.8) is 0 Å². The first-order chi connectivity index (χ1) is 17.7. The Kier molecular flexibility index (Phi) is 17.2. The minimum Gasteiger partial charge on any atom is -0.497 e. The van der Waals surface area contributed by atoms with Crippen molar-refractivity contribution >= 4 is 0 Å². The molecule has 3 aromatic rings. The topological polar surface area (TPSA) is 9.23 Å². The number of rotatable bonds is 5. The fourth-order valence-electron chi connectivity index (χ4n) is 2.88. The molecule has 0 aromatic heterocycles. The molecule has 0 spiro atoms. The largest absolute Gasteiger partial charge is 0.497 e. The van der Waals surface area contributed by atoms with Gasteiger partial charge in [-0.3, -0.25) is 0 Å². The van der Waals surface area contributed by atoms with E-state index in [-0.39, 0.29) is 5.92 Å². The molecule has 3 rings (SSSR count). The van der Waals surface area contributed by atoms with Crippen molar-refractivity contribution in [2.24, 2.45) is 5.92 Å². The van der Waals surface area contributed by atoms with Crippen LogP contribution in [0.1, 0.15) is 109 Å². The Morgan fingerprint density at radius 3 is 1.18 bits per heavy atom. The Balaban J connectivity index is 0.000000503. The SMILES string of the molecule is CC(C)c1ccc(C(F)(F)F)cc1.CC(C)c1ccccc1.CCC(C)C.COc1ccc(C(C)C)cc1. The average molecular weight is 531 g/mol. The van der Waals surface area contributed by atoms with Gasteiger partial charge in [0.25, 0.3) is 0 Å². The molecule has 0 aliphatic heterocycles. The molecule has 0 fully saturated rings. The molecule has 0 radical (unpaired) electrons. The summed E-state index contributed by atoms with van der Waals surface area (Å²) in [5, 5.41) is 0. The summed E-state index contributed by atoms with van der Waals surface area (Å²) in [4.78, 5) is 0. The molecular formula is C34H49F3O. The summed E-state index contributed by atoms with van der Waals surface area (Å²) in [5.74, 6) is 3.33. The smallest absolute Gasteiger partial charge is 0.416 e. The molecule has 0 bridgehead atoms. The second kappa shape index (κ2) is 18.5. The van der Waals surface area contributed by atoms with Crippen LogP contribution in [0.5, 0.6) is 5.75 Å². The summed E-state index contributed by atoms with van der Waals surface area (Å²) >= 11 is 0. The highest BCUT2D eigenvalue weighted by molar-refractivity contribution is 5.28. The van der Waals surface area contributed by atoms with E-state index < -0.39 is 11.7 Å². The second-order valence-corrected chi connectivity index (χ2v) is 10.6. The van der Waals surface area contributed by atoms with Crippen molar-refractivity contribution in [3.05, 3.63) is 101 Å². The van der Waals surface area contributed by atoms with Crippen LogP contribution >= 0.6 is 0 Å². The number of methoxy groups -OCH3 is 1. The van der Waals surface area contributed by atoms with E-state index in [4.69, 9.17) is 4.74 Å². The van der Waals surface area contributed by atoms with E-state index in [0.717, 1.165) is 29.4 Å². The third kappa shape index (κ3) is 15.5. The first-order valence-electron chi connectivity index (χ1n) is 13.6. The molecule has 212 valence electrons. The van der Waals surface area contributed by atoms with Crippen LogP contribution in [0.4, 0.5) is 13.2 Å². The molecule has 1 nitrogen and oxygen atoms in total. The minimum absolute atomic E-state index is 0.266. The Morgan fingerprint density at radius 1 is 0.579 bits per heavy atom. The lowest BCUT2D eigenvalue weighted by molar-refractivity contribution is -0.137. The van der Waals surface area contributed by atoms with E-state index in [1.807, 2.05) is 32.0 Å². The van der Waals surface area contributed by atoms with E-state index in [0.29, 0.717) is 11.8 Å². The van der Waals surface area contributed by atoms with Gasteiger partial charge in [-0.2, -0.15) is 13.2 Å². The highest BCUT2D eigenvalue weighted by atomic mass is 19.4. The normalized spacial score (nSPS) is 10.8. The van der Waals surface area contributed by atoms with Gasteiger partial charge >= 0.3 is 6.18 Å². The third-order valence-corrected chi connectivity index (χ3v) is 5.97. The maximum atomic E-state index is 12.1. The quantitative estimate of drug-likeness (QED) is 0.319. The van der Waals surface area contributed by atoms with Gasteiger partial charge in [0, 0.05) is 0 Å². The summed E-state index contributed by atoms with van der Waals surface area (Å²) in [6.07, 6.45) is -2.92. The molecule has 38 heavy (non-hydrogen) atoms. The number of halogens is 3. The Labute approximate surface area is 230 Å². The summed E-state index contributed by atoms with van der Waals surface area (Å²) in [7, 11) is 1.68. The molecule has 0 atom stereocenters. The van der Waals surface area contributed by atoms with Crippen molar-refractivity contribution in [1.29, 1.82) is 0 Å². The molecule has 0 unspecified atom stereocenters. The maximum Gasteiger partial charge on any atom is 0.416 e. The van der Waals surface area contributed by atoms with Gasteiger partial charge in [-0.1, -0.05) is 123 Å². The molecule has 0 N–H and O–H groups in total. The third-order valence-electron chi connectivity index (χ3n) is 5.97. The predicted octanol–water partition coefficient (Wildman–Crippen LogP) is 11.5. The van der Waals surface area contributed by atoms with Crippen LogP contribution in [0.3, 0.4) is 0 Å². The highest BCUT2D eigenvalue weighted by Gasteiger charge is 2.29. The van der Waals surface area contributed by atoms with Crippen molar-refractivity contribution in [2.75, 3.05) is 7.11 Å². The van der Waals surface area contributed by atoms with Crippen LogP contribution in [-0.2, 0) is 6.18 Å². The van der Waals surface area contributed by atoms with Gasteiger partial charge in [-0.05, 0) is 64.6 Å². The van der Waals surface area contributed by atoms with Crippen molar-refractivity contribution in [1.82, 2.24) is 0 Å². The van der Waals surface area contributed by atoms with Crippen molar-refractivity contribution in [3.8, 4) is 5.75 Å². The number of alkyl halides is 3. The second-order valence-electron chi connectivity index (χ2n) is 10.6. The van der Waals surface area contributed by atoms with Gasteiger partial charge in [0.1, 0.15) is 5.75 Å². The van der Waals surface area contributed by atoms with Crippen molar-refractivity contribution < 1.29 is 17.9 Å². The van der Waals surface area contributed by atoms with Crippen molar-refractivity contribution in [2.45, 2.75) is 92.7 Å². The summed E-state index contributed by atoms with van der Waals surface area (Å²) in [6, 6.07) is 24.0. The van der Waals surface area contributed by atoms with E-state index >= 15 is 0 Å². The van der Waals surface area contributed by atoms with Gasteiger partial charge in [0.05, 0.1) is 12.7 Å². The molecule has 0 heterocycles. The van der Waals surface area contributed by atoms with Crippen LogP contribution in [0, 0.1) is 5.92 Å². The van der Waals surface area contributed by atoms with Gasteiger partial charge in [-0.15, -0.1) is 0 Å².